The molecule has 0 bridgehead atoms. The van der Waals surface area contributed by atoms with Crippen molar-refractivity contribution in [2.75, 3.05) is 0 Å². The van der Waals surface area contributed by atoms with Crippen LogP contribution in [0.2, 0.25) is 0 Å². The molecule has 1 N–H and O–H groups in total. The summed E-state index contributed by atoms with van der Waals surface area (Å²) in [5.41, 5.74) is 3.70. The Bertz CT molecular complexity index is 987. The fourth-order valence-electron chi connectivity index (χ4n) is 4.93. The van der Waals surface area contributed by atoms with E-state index in [1.165, 1.54) is 5.57 Å². The van der Waals surface area contributed by atoms with Crippen LogP contribution in [-0.4, -0.2) is 17.2 Å². The molecule has 0 radical (unpaired) electrons. The molecule has 2 atom stereocenters. The van der Waals surface area contributed by atoms with Crippen LogP contribution in [-0.2, 0) is 20.3 Å². The highest BCUT2D eigenvalue weighted by molar-refractivity contribution is 7.43. The van der Waals surface area contributed by atoms with E-state index < -0.39 is 25.8 Å². The molecular weight excluding hydrogens is 455 g/mol. The third-order valence-corrected chi connectivity index (χ3v) is 7.44. The summed E-state index contributed by atoms with van der Waals surface area (Å²) in [4.78, 5) is 34.5. The lowest BCUT2D eigenvalue weighted by molar-refractivity contribution is -0.347. The molecule has 7 nitrogen and oxygen atoms in total. The van der Waals surface area contributed by atoms with Gasteiger partial charge in [0.25, 0.3) is 0 Å². The van der Waals surface area contributed by atoms with Gasteiger partial charge in [-0.3, -0.25) is 4.79 Å². The first kappa shape index (κ1) is 26.7. The average molecular weight is 491 g/mol. The van der Waals surface area contributed by atoms with Gasteiger partial charge in [-0.1, -0.05) is 43.6 Å². The number of benzene rings is 1. The van der Waals surface area contributed by atoms with Crippen LogP contribution in [0, 0.1) is 11.8 Å². The predicted octanol–water partition coefficient (Wildman–Crippen LogP) is 4.67. The first-order valence-corrected chi connectivity index (χ1v) is 13.5. The summed E-state index contributed by atoms with van der Waals surface area (Å²) in [6.45, 7) is 10.3. The Balaban J connectivity index is 1.88. The second-order valence-corrected chi connectivity index (χ2v) is 10.9. The van der Waals surface area contributed by atoms with Crippen LogP contribution < -0.4 is 14.5 Å². The Labute approximate surface area is 202 Å². The molecule has 1 aromatic rings. The first-order chi connectivity index (χ1) is 16.0. The first-order valence-electron chi connectivity index (χ1n) is 12.1. The molecule has 1 saturated carbocycles. The monoisotopic (exact) mass is 490 g/mol. The van der Waals surface area contributed by atoms with Gasteiger partial charge in [0.05, 0.1) is 19.8 Å². The predicted molar refractivity (Wildman–Crippen MR) is 126 cm³/mol. The van der Waals surface area contributed by atoms with Crippen molar-refractivity contribution in [2.45, 2.75) is 84.2 Å². The third-order valence-electron chi connectivity index (χ3n) is 6.88. The number of aromatic hydroxyl groups is 1. The Morgan fingerprint density at radius 3 is 2.59 bits per heavy atom. The zero-order valence-electron chi connectivity index (χ0n) is 20.2. The molecule has 34 heavy (non-hydrogen) atoms. The van der Waals surface area contributed by atoms with Gasteiger partial charge in [0, 0.05) is 11.5 Å². The summed E-state index contributed by atoms with van der Waals surface area (Å²) in [6.07, 6.45) is 7.27. The lowest BCUT2D eigenvalue weighted by Crippen LogP contribution is -2.39. The summed E-state index contributed by atoms with van der Waals surface area (Å²) in [7, 11) is -5.09. The van der Waals surface area contributed by atoms with Gasteiger partial charge < -0.3 is 28.7 Å². The van der Waals surface area contributed by atoms with Crippen LogP contribution in [0.1, 0.15) is 82.8 Å². The number of phenolic OH excluding ortho intramolecular Hbond substituents is 1. The maximum atomic E-state index is 12.9. The lowest BCUT2D eigenvalue weighted by atomic mass is 9.73. The van der Waals surface area contributed by atoms with E-state index >= 15 is 0 Å². The van der Waals surface area contributed by atoms with Crippen LogP contribution in [0.25, 0.3) is 0 Å². The van der Waals surface area contributed by atoms with Crippen molar-refractivity contribution in [3.63, 3.8) is 0 Å². The van der Waals surface area contributed by atoms with Crippen molar-refractivity contribution in [3.8, 4) is 11.5 Å². The Morgan fingerprint density at radius 1 is 1.26 bits per heavy atom. The van der Waals surface area contributed by atoms with Crippen LogP contribution in [0.4, 0.5) is 0 Å². The SMILES string of the molecule is C=C(C)[C@@H]1CCC(C)=C[C@H]1c1c(O)cc(CCCCC)cc1OC(=O)C1CC(OP(=O)([O-])[O-])C1. The second-order valence-electron chi connectivity index (χ2n) is 9.78. The van der Waals surface area contributed by atoms with Crippen molar-refractivity contribution in [1.29, 1.82) is 0 Å². The topological polar surface area (TPSA) is 119 Å². The Morgan fingerprint density at radius 2 is 1.97 bits per heavy atom. The maximum absolute atomic E-state index is 12.9. The molecule has 0 spiro atoms. The van der Waals surface area contributed by atoms with Crippen molar-refractivity contribution in [3.05, 3.63) is 47.1 Å². The number of phosphoric acid groups is 1. The molecular formula is C26H35O7P-2. The molecule has 0 unspecified atom stereocenters. The molecule has 8 heteroatoms. The number of rotatable bonds is 10. The zero-order valence-corrected chi connectivity index (χ0v) is 21.1. The van der Waals surface area contributed by atoms with Crippen molar-refractivity contribution >= 4 is 13.8 Å². The Hall–Kier alpha value is -1.92. The minimum Gasteiger partial charge on any atom is -0.790 e. The van der Waals surface area contributed by atoms with E-state index in [4.69, 9.17) is 4.74 Å². The van der Waals surface area contributed by atoms with E-state index in [-0.39, 0.29) is 30.4 Å². The minimum absolute atomic E-state index is 0.104. The number of allylic oxidation sites excluding steroid dienone is 3. The number of ether oxygens (including phenoxy) is 1. The van der Waals surface area contributed by atoms with Crippen molar-refractivity contribution < 1.29 is 33.5 Å². The fraction of sp³-hybridized carbons (Fsp3) is 0.577. The van der Waals surface area contributed by atoms with Gasteiger partial charge in [-0.15, -0.1) is 0 Å². The largest absolute Gasteiger partial charge is 0.790 e. The molecule has 1 aromatic carbocycles. The molecule has 3 rings (SSSR count). The summed E-state index contributed by atoms with van der Waals surface area (Å²) < 4.78 is 21.1. The van der Waals surface area contributed by atoms with Gasteiger partial charge in [-0.05, 0) is 76.0 Å². The van der Waals surface area contributed by atoms with Crippen LogP contribution in [0.5, 0.6) is 11.5 Å². The van der Waals surface area contributed by atoms with Crippen LogP contribution >= 0.6 is 7.82 Å². The van der Waals surface area contributed by atoms with Gasteiger partial charge in [0.1, 0.15) is 11.5 Å². The second kappa shape index (κ2) is 11.2. The summed E-state index contributed by atoms with van der Waals surface area (Å²) in [5, 5.41) is 11.1. The number of phosphoric ester groups is 1. The zero-order chi connectivity index (χ0) is 25.0. The normalized spacial score (nSPS) is 24.8. The fourth-order valence-corrected chi connectivity index (χ4v) is 5.47. The highest BCUT2D eigenvalue weighted by atomic mass is 31.2. The number of hydrogen-bond acceptors (Lipinski definition) is 7. The van der Waals surface area contributed by atoms with Crippen molar-refractivity contribution in [2.24, 2.45) is 11.8 Å². The molecule has 2 aliphatic carbocycles. The molecule has 0 saturated heterocycles. The van der Waals surface area contributed by atoms with Gasteiger partial charge in [-0.25, -0.2) is 0 Å². The number of carbonyl (C=O) groups is 1. The van der Waals surface area contributed by atoms with E-state index in [9.17, 15) is 24.3 Å². The molecule has 2 aliphatic rings. The van der Waals surface area contributed by atoms with Gasteiger partial charge >= 0.3 is 5.97 Å². The van der Waals surface area contributed by atoms with Crippen molar-refractivity contribution in [1.82, 2.24) is 0 Å². The molecule has 0 amide bonds. The molecule has 188 valence electrons. The van der Waals surface area contributed by atoms with Gasteiger partial charge in [-0.2, -0.15) is 0 Å². The molecule has 0 heterocycles. The van der Waals surface area contributed by atoms with Crippen LogP contribution in [0.3, 0.4) is 0 Å². The van der Waals surface area contributed by atoms with E-state index in [0.29, 0.717) is 11.3 Å². The summed E-state index contributed by atoms with van der Waals surface area (Å²) >= 11 is 0. The number of phenols is 1. The van der Waals surface area contributed by atoms with Gasteiger partial charge in [0.15, 0.2) is 0 Å². The standard InChI is InChI=1S/C26H37O7P/c1-5-6-7-8-18-12-23(27)25(22-11-17(4)9-10-21(22)16(2)3)24(13-18)32-26(28)19-14-20(15-19)33-34(29,30)31/h11-13,19-22,27H,2,5-10,14-15H2,1,3-4H3,(H2,29,30,31)/p-2/t19?,20?,21-,22+/m0/s1. The quantitative estimate of drug-likeness (QED) is 0.166. The molecule has 0 aromatic heterocycles. The lowest BCUT2D eigenvalue weighted by Gasteiger charge is -2.40. The number of esters is 1. The Kier molecular flexibility index (Phi) is 8.80. The van der Waals surface area contributed by atoms with E-state index in [2.05, 4.69) is 31.0 Å². The number of unbranched alkanes of at least 4 members (excludes halogenated alkanes) is 2. The maximum Gasteiger partial charge on any atom is 0.314 e. The van der Waals surface area contributed by atoms with E-state index in [1.807, 2.05) is 13.0 Å². The number of carbonyl (C=O) groups excluding carboxylic acids is 1. The number of hydrogen-bond donors (Lipinski definition) is 1. The highest BCUT2D eigenvalue weighted by Gasteiger charge is 2.38. The molecule has 1 fully saturated rings. The number of aryl methyl sites for hydroxylation is 1. The smallest absolute Gasteiger partial charge is 0.314 e. The van der Waals surface area contributed by atoms with Gasteiger partial charge in [0.2, 0.25) is 0 Å². The average Bonchev–Trinajstić information content (AvgIpc) is 2.69. The van der Waals surface area contributed by atoms with Crippen LogP contribution in [0.15, 0.2) is 35.9 Å². The van der Waals surface area contributed by atoms with E-state index in [1.54, 1.807) is 6.07 Å². The minimum atomic E-state index is -5.09. The molecule has 0 aliphatic heterocycles. The summed E-state index contributed by atoms with van der Waals surface area (Å²) in [6, 6.07) is 3.61. The third kappa shape index (κ3) is 6.82. The summed E-state index contributed by atoms with van der Waals surface area (Å²) in [5.74, 6) is -0.684. The highest BCUT2D eigenvalue weighted by Crippen LogP contribution is 2.47. The van der Waals surface area contributed by atoms with E-state index in [0.717, 1.165) is 49.7 Å².